The molecule has 4 nitrogen and oxygen atoms in total. The number of nitrogens with one attached hydrogen (secondary N) is 1. The zero-order chi connectivity index (χ0) is 15.3. The highest BCUT2D eigenvalue weighted by atomic mass is 32.1. The monoisotopic (exact) mass is 316 g/mol. The number of amides is 1. The second-order valence-corrected chi connectivity index (χ2v) is 7.47. The normalized spacial score (nSPS) is 30.3. The molecule has 2 fully saturated rings. The van der Waals surface area contributed by atoms with Gasteiger partial charge in [-0.15, -0.1) is 11.3 Å². The van der Waals surface area contributed by atoms with Gasteiger partial charge >= 0.3 is 0 Å². The molecule has 116 valence electrons. The van der Waals surface area contributed by atoms with Gasteiger partial charge in [-0.25, -0.2) is 0 Å². The van der Waals surface area contributed by atoms with Crippen molar-refractivity contribution in [2.24, 2.45) is 5.92 Å². The fourth-order valence-corrected chi connectivity index (χ4v) is 4.77. The number of hydrogen-bond donors (Lipinski definition) is 1. The lowest BCUT2D eigenvalue weighted by molar-refractivity contribution is -0.0663. The third-order valence-corrected chi connectivity index (χ3v) is 6.01. The number of ether oxygens (including phenoxy) is 1. The van der Waals surface area contributed by atoms with Gasteiger partial charge in [0, 0.05) is 17.2 Å². The van der Waals surface area contributed by atoms with Gasteiger partial charge in [0.1, 0.15) is 0 Å². The minimum atomic E-state index is 0.0448. The van der Waals surface area contributed by atoms with Crippen LogP contribution >= 0.6 is 11.3 Å². The zero-order valence-corrected chi connectivity index (χ0v) is 13.6. The Bertz CT molecular complexity index is 679. The third kappa shape index (κ3) is 2.16. The number of likely N-dealkylation sites (N-methyl/N-ethyl adjacent to an activating group) is 1. The summed E-state index contributed by atoms with van der Waals surface area (Å²) in [5.74, 6) is 0.508. The summed E-state index contributed by atoms with van der Waals surface area (Å²) in [6.07, 6.45) is 1.33. The number of fused-ring (bicyclic) bond motifs is 2. The highest BCUT2D eigenvalue weighted by Gasteiger charge is 2.55. The molecule has 1 aliphatic heterocycles. The molecule has 1 aliphatic carbocycles. The van der Waals surface area contributed by atoms with Gasteiger partial charge in [0.05, 0.1) is 23.1 Å². The SMILES string of the molecule is CN(C)[C@@H]1[C@@H](NC(=O)c2cc3ccccc3s2)[C@H]2CCO[C@H]21. The summed E-state index contributed by atoms with van der Waals surface area (Å²) in [4.78, 5) is 15.6. The van der Waals surface area contributed by atoms with Crippen molar-refractivity contribution in [3.05, 3.63) is 35.2 Å². The molecular weight excluding hydrogens is 296 g/mol. The smallest absolute Gasteiger partial charge is 0.261 e. The van der Waals surface area contributed by atoms with E-state index in [4.69, 9.17) is 4.74 Å². The van der Waals surface area contributed by atoms with Gasteiger partial charge in [-0.05, 0) is 38.0 Å². The molecule has 1 amide bonds. The average molecular weight is 316 g/mol. The molecule has 1 aromatic heterocycles. The molecule has 4 rings (SSSR count). The fourth-order valence-electron chi connectivity index (χ4n) is 3.80. The van der Waals surface area contributed by atoms with Crippen LogP contribution in [0, 0.1) is 5.92 Å². The van der Waals surface area contributed by atoms with Crippen molar-refractivity contribution in [3.63, 3.8) is 0 Å². The van der Waals surface area contributed by atoms with Crippen molar-refractivity contribution in [1.82, 2.24) is 10.2 Å². The number of hydrogen-bond acceptors (Lipinski definition) is 4. The Labute approximate surface area is 134 Å². The highest BCUT2D eigenvalue weighted by Crippen LogP contribution is 2.41. The van der Waals surface area contributed by atoms with Crippen LogP contribution < -0.4 is 5.32 Å². The molecule has 22 heavy (non-hydrogen) atoms. The molecule has 0 radical (unpaired) electrons. The zero-order valence-electron chi connectivity index (χ0n) is 12.8. The van der Waals surface area contributed by atoms with E-state index in [1.807, 2.05) is 18.2 Å². The minimum Gasteiger partial charge on any atom is -0.376 e. The molecular formula is C17H20N2O2S. The summed E-state index contributed by atoms with van der Waals surface area (Å²) in [6, 6.07) is 10.6. The Balaban J connectivity index is 1.53. The number of nitrogens with zero attached hydrogens (tertiary/aromatic N) is 1. The Morgan fingerprint density at radius 2 is 2.18 bits per heavy atom. The first-order valence-electron chi connectivity index (χ1n) is 7.72. The Morgan fingerprint density at radius 1 is 1.36 bits per heavy atom. The van der Waals surface area contributed by atoms with E-state index >= 15 is 0 Å². The number of thiophene rings is 1. The van der Waals surface area contributed by atoms with Crippen LogP contribution in [0.2, 0.25) is 0 Å². The lowest BCUT2D eigenvalue weighted by atomic mass is 9.71. The standard InChI is InChI=1S/C17H20N2O2S/c1-19(2)15-14(11-7-8-21-16(11)15)18-17(20)13-9-10-5-3-4-6-12(10)22-13/h3-6,9,11,14-16H,7-8H2,1-2H3,(H,18,20)/t11-,14+,15-,16-/m1/s1. The largest absolute Gasteiger partial charge is 0.376 e. The van der Waals surface area contributed by atoms with E-state index in [1.54, 1.807) is 11.3 Å². The maximum Gasteiger partial charge on any atom is 0.261 e. The van der Waals surface area contributed by atoms with Crippen molar-refractivity contribution in [2.75, 3.05) is 20.7 Å². The van der Waals surface area contributed by atoms with Gasteiger partial charge in [-0.1, -0.05) is 18.2 Å². The van der Waals surface area contributed by atoms with E-state index in [-0.39, 0.29) is 24.1 Å². The van der Waals surface area contributed by atoms with Crippen LogP contribution in [0.1, 0.15) is 16.1 Å². The van der Waals surface area contributed by atoms with Crippen LogP contribution in [-0.4, -0.2) is 49.7 Å². The van der Waals surface area contributed by atoms with Crippen LogP contribution in [0.4, 0.5) is 0 Å². The molecule has 2 aromatic rings. The van der Waals surface area contributed by atoms with E-state index in [0.717, 1.165) is 28.0 Å². The van der Waals surface area contributed by atoms with Crippen LogP contribution in [0.25, 0.3) is 10.1 Å². The molecule has 2 heterocycles. The van der Waals surface area contributed by atoms with Gasteiger partial charge in [0.2, 0.25) is 0 Å². The van der Waals surface area contributed by atoms with Crippen LogP contribution in [0.3, 0.4) is 0 Å². The summed E-state index contributed by atoms with van der Waals surface area (Å²) in [6.45, 7) is 0.814. The van der Waals surface area contributed by atoms with E-state index in [2.05, 4.69) is 36.4 Å². The van der Waals surface area contributed by atoms with Crippen LogP contribution in [0.5, 0.6) is 0 Å². The lowest BCUT2D eigenvalue weighted by Crippen LogP contribution is -2.69. The van der Waals surface area contributed by atoms with Gasteiger partial charge in [0.15, 0.2) is 0 Å². The second-order valence-electron chi connectivity index (χ2n) is 6.39. The fraction of sp³-hybridized carbons (Fsp3) is 0.471. The minimum absolute atomic E-state index is 0.0448. The summed E-state index contributed by atoms with van der Waals surface area (Å²) < 4.78 is 6.96. The van der Waals surface area contributed by atoms with E-state index in [9.17, 15) is 4.79 Å². The second kappa shape index (κ2) is 5.33. The first kappa shape index (κ1) is 14.2. The molecule has 1 N–H and O–H groups in total. The molecule has 1 saturated carbocycles. The lowest BCUT2D eigenvalue weighted by Gasteiger charge is -2.50. The van der Waals surface area contributed by atoms with Crippen molar-refractivity contribution in [2.45, 2.75) is 24.6 Å². The Morgan fingerprint density at radius 3 is 2.95 bits per heavy atom. The van der Waals surface area contributed by atoms with Gasteiger partial charge < -0.3 is 15.0 Å². The predicted octanol–water partition coefficient (Wildman–Crippen LogP) is 2.35. The van der Waals surface area contributed by atoms with Gasteiger partial charge in [-0.2, -0.15) is 0 Å². The molecule has 2 aliphatic rings. The van der Waals surface area contributed by atoms with E-state index < -0.39 is 0 Å². The van der Waals surface area contributed by atoms with Gasteiger partial charge in [0.25, 0.3) is 5.91 Å². The Hall–Kier alpha value is -1.43. The summed E-state index contributed by atoms with van der Waals surface area (Å²) in [7, 11) is 4.11. The number of benzene rings is 1. The number of rotatable bonds is 3. The average Bonchev–Trinajstić information content (AvgIpc) is 3.08. The van der Waals surface area contributed by atoms with Gasteiger partial charge in [-0.3, -0.25) is 4.79 Å². The van der Waals surface area contributed by atoms with Crippen molar-refractivity contribution < 1.29 is 9.53 Å². The topological polar surface area (TPSA) is 41.6 Å². The molecule has 0 unspecified atom stereocenters. The number of carbonyl (C=O) groups excluding carboxylic acids is 1. The molecule has 0 bridgehead atoms. The third-order valence-electron chi connectivity index (χ3n) is 4.89. The Kier molecular flexibility index (Phi) is 3.44. The van der Waals surface area contributed by atoms with Crippen molar-refractivity contribution in [1.29, 1.82) is 0 Å². The summed E-state index contributed by atoms with van der Waals surface area (Å²) >= 11 is 1.56. The summed E-state index contributed by atoms with van der Waals surface area (Å²) in [5.41, 5.74) is 0. The maximum absolute atomic E-state index is 12.6. The van der Waals surface area contributed by atoms with Crippen LogP contribution in [0.15, 0.2) is 30.3 Å². The first-order chi connectivity index (χ1) is 10.6. The maximum atomic E-state index is 12.6. The molecule has 1 aromatic carbocycles. The van der Waals surface area contributed by atoms with E-state index in [0.29, 0.717) is 5.92 Å². The summed E-state index contributed by atoms with van der Waals surface area (Å²) in [5, 5.41) is 4.38. The number of carbonyl (C=O) groups is 1. The highest BCUT2D eigenvalue weighted by molar-refractivity contribution is 7.20. The van der Waals surface area contributed by atoms with Crippen molar-refractivity contribution >= 4 is 27.3 Å². The molecule has 0 spiro atoms. The van der Waals surface area contributed by atoms with E-state index in [1.165, 1.54) is 0 Å². The van der Waals surface area contributed by atoms with Crippen molar-refractivity contribution in [3.8, 4) is 0 Å². The predicted molar refractivity (Wildman–Crippen MR) is 88.4 cm³/mol. The first-order valence-corrected chi connectivity index (χ1v) is 8.54. The molecule has 5 heteroatoms. The molecule has 1 saturated heterocycles. The quantitative estimate of drug-likeness (QED) is 0.945. The molecule has 4 atom stereocenters. The van der Waals surface area contributed by atoms with Crippen LogP contribution in [-0.2, 0) is 4.74 Å².